The summed E-state index contributed by atoms with van der Waals surface area (Å²) in [5, 5.41) is -0.685. The van der Waals surface area contributed by atoms with Gasteiger partial charge in [-0.2, -0.15) is 13.2 Å². The maximum atomic E-state index is 12.4. The molecule has 0 unspecified atom stereocenters. The zero-order valence-electron chi connectivity index (χ0n) is 8.76. The van der Waals surface area contributed by atoms with Crippen LogP contribution in [0.25, 0.3) is 0 Å². The molecular formula is C9H10ClF3N2O2. The molecule has 0 atom stereocenters. The van der Waals surface area contributed by atoms with E-state index in [1.54, 1.807) is 0 Å². The SMILES string of the molecule is O=C(Cl)N1CCN(C(=O)C(F)(F)F)C2(CC2)C1. The predicted octanol–water partition coefficient (Wildman–Crippen LogP) is 1.58. The zero-order valence-corrected chi connectivity index (χ0v) is 9.51. The molecule has 1 heterocycles. The number of carbonyl (C=O) groups excluding carboxylic acids is 2. The van der Waals surface area contributed by atoms with Gasteiger partial charge in [0.25, 0.3) is 0 Å². The molecule has 1 aliphatic heterocycles. The van der Waals surface area contributed by atoms with Crippen LogP contribution in [0.5, 0.6) is 0 Å². The first kappa shape index (κ1) is 12.5. The van der Waals surface area contributed by atoms with Crippen LogP contribution in [0.15, 0.2) is 0 Å². The van der Waals surface area contributed by atoms with Crippen LogP contribution >= 0.6 is 11.6 Å². The number of rotatable bonds is 0. The van der Waals surface area contributed by atoms with E-state index in [4.69, 9.17) is 11.6 Å². The summed E-state index contributed by atoms with van der Waals surface area (Å²) in [7, 11) is 0. The van der Waals surface area contributed by atoms with Crippen molar-refractivity contribution in [3.05, 3.63) is 0 Å². The van der Waals surface area contributed by atoms with Crippen molar-refractivity contribution >= 4 is 22.9 Å². The molecule has 0 aromatic carbocycles. The number of nitrogens with zero attached hydrogens (tertiary/aromatic N) is 2. The quantitative estimate of drug-likeness (QED) is 0.495. The second-order valence-electron chi connectivity index (χ2n) is 4.35. The molecule has 1 spiro atoms. The summed E-state index contributed by atoms with van der Waals surface area (Å²) < 4.78 is 37.1. The molecule has 0 aromatic heterocycles. The van der Waals surface area contributed by atoms with Crippen molar-refractivity contribution in [2.24, 2.45) is 0 Å². The van der Waals surface area contributed by atoms with Crippen LogP contribution in [0.1, 0.15) is 12.8 Å². The van der Waals surface area contributed by atoms with Crippen molar-refractivity contribution in [2.45, 2.75) is 24.6 Å². The normalized spacial score (nSPS) is 22.8. The van der Waals surface area contributed by atoms with E-state index < -0.39 is 23.0 Å². The lowest BCUT2D eigenvalue weighted by Crippen LogP contribution is -2.60. The van der Waals surface area contributed by atoms with Crippen molar-refractivity contribution in [2.75, 3.05) is 19.6 Å². The minimum atomic E-state index is -4.86. The Kier molecular flexibility index (Phi) is 2.76. The fourth-order valence-corrected chi connectivity index (χ4v) is 2.31. The summed E-state index contributed by atoms with van der Waals surface area (Å²) in [6.07, 6.45) is -3.90. The molecule has 2 amide bonds. The first-order valence-corrected chi connectivity index (χ1v) is 5.47. The van der Waals surface area contributed by atoms with Crippen LogP contribution in [-0.2, 0) is 4.79 Å². The van der Waals surface area contributed by atoms with Crippen LogP contribution < -0.4 is 0 Å². The van der Waals surface area contributed by atoms with Gasteiger partial charge in [-0.05, 0) is 24.4 Å². The molecule has 1 aliphatic carbocycles. The number of hydrogen-bond donors (Lipinski definition) is 0. The third kappa shape index (κ3) is 2.20. The first-order valence-electron chi connectivity index (χ1n) is 5.09. The Bertz CT molecular complexity index is 368. The molecule has 2 rings (SSSR count). The minimum Gasteiger partial charge on any atom is -0.326 e. The second-order valence-corrected chi connectivity index (χ2v) is 4.68. The molecule has 1 saturated heterocycles. The van der Waals surface area contributed by atoms with Gasteiger partial charge in [-0.3, -0.25) is 9.59 Å². The fraction of sp³-hybridized carbons (Fsp3) is 0.778. The molecule has 96 valence electrons. The molecule has 17 heavy (non-hydrogen) atoms. The van der Waals surface area contributed by atoms with Gasteiger partial charge >= 0.3 is 17.4 Å². The highest BCUT2D eigenvalue weighted by atomic mass is 35.5. The topological polar surface area (TPSA) is 40.6 Å². The van der Waals surface area contributed by atoms with Gasteiger partial charge in [-0.25, -0.2) is 0 Å². The Hall–Kier alpha value is -0.980. The standard InChI is InChI=1S/C9H10ClF3N2O2/c10-7(17)14-3-4-15(6(16)9(11,12)13)8(5-14)1-2-8/h1-5H2. The molecule has 8 heteroatoms. The third-order valence-corrected chi connectivity index (χ3v) is 3.45. The van der Waals surface area contributed by atoms with E-state index in [1.807, 2.05) is 0 Å². The number of piperazine rings is 1. The Labute approximate surface area is 100 Å². The van der Waals surface area contributed by atoms with Crippen molar-refractivity contribution < 1.29 is 22.8 Å². The van der Waals surface area contributed by atoms with E-state index in [9.17, 15) is 22.8 Å². The highest BCUT2D eigenvalue weighted by molar-refractivity contribution is 6.62. The Balaban J connectivity index is 2.13. The van der Waals surface area contributed by atoms with E-state index in [0.717, 1.165) is 4.90 Å². The van der Waals surface area contributed by atoms with Gasteiger partial charge in [0.1, 0.15) is 0 Å². The summed E-state index contributed by atoms with van der Waals surface area (Å²) >= 11 is 5.29. The Morgan fingerprint density at radius 1 is 1.18 bits per heavy atom. The maximum absolute atomic E-state index is 12.4. The van der Waals surface area contributed by atoms with Crippen LogP contribution in [0, 0.1) is 0 Å². The van der Waals surface area contributed by atoms with Gasteiger partial charge in [0.15, 0.2) is 0 Å². The molecule has 2 aliphatic rings. The Morgan fingerprint density at radius 2 is 1.76 bits per heavy atom. The van der Waals surface area contributed by atoms with Gasteiger partial charge in [0.05, 0.1) is 5.54 Å². The summed E-state index contributed by atoms with van der Waals surface area (Å²) in [6.45, 7) is 0.0276. The molecule has 0 bridgehead atoms. The van der Waals surface area contributed by atoms with Crippen LogP contribution in [0.2, 0.25) is 0 Å². The van der Waals surface area contributed by atoms with Crippen molar-refractivity contribution in [3.63, 3.8) is 0 Å². The summed E-state index contributed by atoms with van der Waals surface area (Å²) in [5.74, 6) is -1.82. The molecular weight excluding hydrogens is 261 g/mol. The number of halogens is 4. The van der Waals surface area contributed by atoms with Gasteiger partial charge < -0.3 is 9.80 Å². The lowest BCUT2D eigenvalue weighted by atomic mass is 10.1. The molecule has 4 nitrogen and oxygen atoms in total. The molecule has 2 fully saturated rings. The molecule has 1 saturated carbocycles. The van der Waals surface area contributed by atoms with E-state index in [-0.39, 0.29) is 19.6 Å². The highest BCUT2D eigenvalue weighted by Crippen LogP contribution is 2.45. The highest BCUT2D eigenvalue weighted by Gasteiger charge is 2.58. The average Bonchev–Trinajstić information content (AvgIpc) is 2.96. The smallest absolute Gasteiger partial charge is 0.326 e. The van der Waals surface area contributed by atoms with Gasteiger partial charge in [0, 0.05) is 19.6 Å². The maximum Gasteiger partial charge on any atom is 0.471 e. The molecule has 0 N–H and O–H groups in total. The zero-order chi connectivity index (χ0) is 12.8. The molecule has 0 aromatic rings. The van der Waals surface area contributed by atoms with Crippen LogP contribution in [-0.4, -0.2) is 52.4 Å². The monoisotopic (exact) mass is 270 g/mol. The first-order chi connectivity index (χ1) is 7.76. The fourth-order valence-electron chi connectivity index (χ4n) is 2.17. The summed E-state index contributed by atoms with van der Waals surface area (Å²) in [4.78, 5) is 24.3. The number of carbonyl (C=O) groups is 2. The largest absolute Gasteiger partial charge is 0.471 e. The van der Waals surface area contributed by atoms with Crippen LogP contribution in [0.4, 0.5) is 18.0 Å². The Morgan fingerprint density at radius 3 is 2.18 bits per heavy atom. The number of amides is 2. The molecule has 0 radical (unpaired) electrons. The van der Waals surface area contributed by atoms with Gasteiger partial charge in [-0.1, -0.05) is 0 Å². The summed E-state index contributed by atoms with van der Waals surface area (Å²) in [6, 6.07) is 0. The van der Waals surface area contributed by atoms with E-state index >= 15 is 0 Å². The van der Waals surface area contributed by atoms with Gasteiger partial charge in [-0.15, -0.1) is 0 Å². The second kappa shape index (κ2) is 3.76. The lowest BCUT2D eigenvalue weighted by molar-refractivity contribution is -0.190. The van der Waals surface area contributed by atoms with Crippen molar-refractivity contribution in [3.8, 4) is 0 Å². The van der Waals surface area contributed by atoms with E-state index in [2.05, 4.69) is 0 Å². The lowest BCUT2D eigenvalue weighted by Gasteiger charge is -2.41. The average molecular weight is 271 g/mol. The van der Waals surface area contributed by atoms with Crippen molar-refractivity contribution in [1.29, 1.82) is 0 Å². The minimum absolute atomic E-state index is 0.0475. The van der Waals surface area contributed by atoms with E-state index in [0.29, 0.717) is 12.8 Å². The number of alkyl halides is 3. The summed E-state index contributed by atoms with van der Waals surface area (Å²) in [5.41, 5.74) is -0.838. The van der Waals surface area contributed by atoms with E-state index in [1.165, 1.54) is 4.90 Å². The third-order valence-electron chi connectivity index (χ3n) is 3.21. The predicted molar refractivity (Wildman–Crippen MR) is 52.6 cm³/mol. The van der Waals surface area contributed by atoms with Gasteiger partial charge in [0.2, 0.25) is 0 Å². The number of hydrogen-bond acceptors (Lipinski definition) is 2. The van der Waals surface area contributed by atoms with Crippen molar-refractivity contribution in [1.82, 2.24) is 9.80 Å². The van der Waals surface area contributed by atoms with Crippen LogP contribution in [0.3, 0.4) is 0 Å².